The molecule has 2 heterocycles. The van der Waals surface area contributed by atoms with Gasteiger partial charge < -0.3 is 14.4 Å². The van der Waals surface area contributed by atoms with Gasteiger partial charge in [-0.25, -0.2) is 13.1 Å². The number of piperidine rings is 1. The zero-order chi connectivity index (χ0) is 17.2. The molecule has 8 heteroatoms. The highest BCUT2D eigenvalue weighted by Gasteiger charge is 2.23. The van der Waals surface area contributed by atoms with E-state index in [9.17, 15) is 13.2 Å². The van der Waals surface area contributed by atoms with Gasteiger partial charge in [0, 0.05) is 19.2 Å². The zero-order valence-electron chi connectivity index (χ0n) is 13.7. The Hall–Kier alpha value is -1.80. The van der Waals surface area contributed by atoms with Crippen molar-refractivity contribution in [3.8, 4) is 11.5 Å². The molecule has 0 spiro atoms. The van der Waals surface area contributed by atoms with Crippen molar-refractivity contribution in [3.63, 3.8) is 0 Å². The average molecular weight is 354 g/mol. The van der Waals surface area contributed by atoms with Crippen molar-refractivity contribution in [2.24, 2.45) is 5.92 Å². The molecule has 0 saturated carbocycles. The predicted octanol–water partition coefficient (Wildman–Crippen LogP) is 0.995. The molecule has 1 aromatic rings. The van der Waals surface area contributed by atoms with Crippen molar-refractivity contribution in [2.75, 3.05) is 32.8 Å². The Morgan fingerprint density at radius 3 is 2.58 bits per heavy atom. The molecule has 2 aliphatic heterocycles. The lowest BCUT2D eigenvalue weighted by Crippen LogP contribution is -2.43. The number of carbonyl (C=O) groups is 1. The van der Waals surface area contributed by atoms with Gasteiger partial charge in [-0.05, 0) is 30.9 Å². The van der Waals surface area contributed by atoms with E-state index in [2.05, 4.69) is 11.6 Å². The van der Waals surface area contributed by atoms with E-state index in [1.54, 1.807) is 11.0 Å². The number of nitrogens with one attached hydrogen (secondary N) is 1. The van der Waals surface area contributed by atoms with Crippen molar-refractivity contribution in [2.45, 2.75) is 24.7 Å². The van der Waals surface area contributed by atoms with Gasteiger partial charge in [0.15, 0.2) is 11.5 Å². The lowest BCUT2D eigenvalue weighted by molar-refractivity contribution is -0.131. The first kappa shape index (κ1) is 17.0. The number of carbonyl (C=O) groups excluding carboxylic acids is 1. The van der Waals surface area contributed by atoms with Crippen LogP contribution >= 0.6 is 0 Å². The van der Waals surface area contributed by atoms with E-state index in [1.165, 1.54) is 12.1 Å². The number of likely N-dealkylation sites (tertiary alicyclic amines) is 1. The third kappa shape index (κ3) is 3.81. The third-order valence-electron chi connectivity index (χ3n) is 4.37. The topological polar surface area (TPSA) is 84.9 Å². The van der Waals surface area contributed by atoms with Crippen molar-refractivity contribution in [1.82, 2.24) is 9.62 Å². The molecular weight excluding hydrogens is 332 g/mol. The molecule has 0 bridgehead atoms. The maximum atomic E-state index is 12.4. The zero-order valence-corrected chi connectivity index (χ0v) is 14.5. The molecule has 7 nitrogen and oxygen atoms in total. The number of ether oxygens (including phenoxy) is 2. The number of hydrogen-bond donors (Lipinski definition) is 1. The second kappa shape index (κ2) is 6.98. The standard InChI is InChI=1S/C16H22N2O5S/c1-12-4-6-18(7-5-12)16(19)11-17-24(20,21)13-2-3-14-15(10-13)23-9-8-22-14/h2-3,10,12,17H,4-9,11H2,1H3. The molecule has 0 unspecified atom stereocenters. The Balaban J connectivity index is 1.62. The fraction of sp³-hybridized carbons (Fsp3) is 0.562. The third-order valence-corrected chi connectivity index (χ3v) is 5.77. The van der Waals surface area contributed by atoms with Gasteiger partial charge in [-0.1, -0.05) is 6.92 Å². The van der Waals surface area contributed by atoms with E-state index in [4.69, 9.17) is 9.47 Å². The predicted molar refractivity (Wildman–Crippen MR) is 87.6 cm³/mol. The van der Waals surface area contributed by atoms with Crippen LogP contribution in [0.3, 0.4) is 0 Å². The van der Waals surface area contributed by atoms with Gasteiger partial charge in [-0.3, -0.25) is 4.79 Å². The lowest BCUT2D eigenvalue weighted by atomic mass is 9.99. The Morgan fingerprint density at radius 1 is 1.21 bits per heavy atom. The second-order valence-electron chi connectivity index (χ2n) is 6.19. The van der Waals surface area contributed by atoms with Gasteiger partial charge in [0.1, 0.15) is 13.2 Å². The maximum absolute atomic E-state index is 12.4. The molecule has 1 saturated heterocycles. The van der Waals surface area contributed by atoms with Crippen LogP contribution in [0.1, 0.15) is 19.8 Å². The van der Waals surface area contributed by atoms with Crippen LogP contribution in [0.5, 0.6) is 11.5 Å². The summed E-state index contributed by atoms with van der Waals surface area (Å²) in [5, 5.41) is 0. The quantitative estimate of drug-likeness (QED) is 0.872. The normalized spacial score (nSPS) is 18.5. The molecule has 0 aliphatic carbocycles. The number of hydrogen-bond acceptors (Lipinski definition) is 5. The van der Waals surface area contributed by atoms with Gasteiger partial charge in [0.2, 0.25) is 15.9 Å². The first-order valence-electron chi connectivity index (χ1n) is 8.13. The molecule has 3 rings (SSSR count). The summed E-state index contributed by atoms with van der Waals surface area (Å²) in [5.74, 6) is 1.35. The molecule has 1 N–H and O–H groups in total. The van der Waals surface area contributed by atoms with Crippen LogP contribution in [0.4, 0.5) is 0 Å². The number of nitrogens with zero attached hydrogens (tertiary/aromatic N) is 1. The van der Waals surface area contributed by atoms with Crippen molar-refractivity contribution >= 4 is 15.9 Å². The number of benzene rings is 1. The van der Waals surface area contributed by atoms with E-state index >= 15 is 0 Å². The van der Waals surface area contributed by atoms with Crippen LogP contribution in [-0.4, -0.2) is 52.1 Å². The summed E-state index contributed by atoms with van der Waals surface area (Å²) in [4.78, 5) is 13.9. The molecule has 1 amide bonds. The van der Waals surface area contributed by atoms with Crippen molar-refractivity contribution in [3.05, 3.63) is 18.2 Å². The van der Waals surface area contributed by atoms with E-state index in [0.717, 1.165) is 12.8 Å². The van der Waals surface area contributed by atoms with Crippen LogP contribution < -0.4 is 14.2 Å². The maximum Gasteiger partial charge on any atom is 0.241 e. The first-order chi connectivity index (χ1) is 11.5. The lowest BCUT2D eigenvalue weighted by Gasteiger charge is -2.30. The van der Waals surface area contributed by atoms with E-state index in [0.29, 0.717) is 43.7 Å². The molecule has 2 aliphatic rings. The molecule has 132 valence electrons. The van der Waals surface area contributed by atoms with Gasteiger partial charge in [0.05, 0.1) is 11.4 Å². The first-order valence-corrected chi connectivity index (χ1v) is 9.61. The Kier molecular flexibility index (Phi) is 4.96. The minimum Gasteiger partial charge on any atom is -0.486 e. The minimum atomic E-state index is -3.77. The fourth-order valence-electron chi connectivity index (χ4n) is 2.80. The Bertz CT molecular complexity index is 711. The summed E-state index contributed by atoms with van der Waals surface area (Å²) < 4.78 is 37.9. The van der Waals surface area contributed by atoms with Crippen molar-refractivity contribution < 1.29 is 22.7 Å². The summed E-state index contributed by atoms with van der Waals surface area (Å²) >= 11 is 0. The number of sulfonamides is 1. The number of amides is 1. The molecule has 0 atom stereocenters. The molecule has 0 radical (unpaired) electrons. The number of rotatable bonds is 4. The minimum absolute atomic E-state index is 0.0619. The Morgan fingerprint density at radius 2 is 1.88 bits per heavy atom. The smallest absolute Gasteiger partial charge is 0.241 e. The summed E-state index contributed by atoms with van der Waals surface area (Å²) in [5.41, 5.74) is 0. The largest absolute Gasteiger partial charge is 0.486 e. The van der Waals surface area contributed by atoms with Crippen LogP contribution in [0.15, 0.2) is 23.1 Å². The molecule has 24 heavy (non-hydrogen) atoms. The molecular formula is C16H22N2O5S. The summed E-state index contributed by atoms with van der Waals surface area (Å²) in [7, 11) is -3.77. The second-order valence-corrected chi connectivity index (χ2v) is 7.96. The SMILES string of the molecule is CC1CCN(C(=O)CNS(=O)(=O)c2ccc3c(c2)OCCO3)CC1. The highest BCUT2D eigenvalue weighted by atomic mass is 32.2. The molecule has 1 fully saturated rings. The summed E-state index contributed by atoms with van der Waals surface area (Å²) in [6.07, 6.45) is 1.92. The van der Waals surface area contributed by atoms with Gasteiger partial charge in [-0.2, -0.15) is 0 Å². The van der Waals surface area contributed by atoms with Crippen LogP contribution in [0.2, 0.25) is 0 Å². The van der Waals surface area contributed by atoms with E-state index in [-0.39, 0.29) is 17.3 Å². The van der Waals surface area contributed by atoms with Crippen LogP contribution in [0, 0.1) is 5.92 Å². The van der Waals surface area contributed by atoms with E-state index in [1.807, 2.05) is 0 Å². The van der Waals surface area contributed by atoms with Crippen LogP contribution in [0.25, 0.3) is 0 Å². The summed E-state index contributed by atoms with van der Waals surface area (Å²) in [6.45, 7) is 4.13. The molecule has 1 aromatic carbocycles. The van der Waals surface area contributed by atoms with Crippen LogP contribution in [-0.2, 0) is 14.8 Å². The fourth-order valence-corrected chi connectivity index (χ4v) is 3.79. The monoisotopic (exact) mass is 354 g/mol. The Labute approximate surface area is 142 Å². The van der Waals surface area contributed by atoms with Gasteiger partial charge in [-0.15, -0.1) is 0 Å². The highest BCUT2D eigenvalue weighted by molar-refractivity contribution is 7.89. The molecule has 0 aromatic heterocycles. The van der Waals surface area contributed by atoms with Gasteiger partial charge in [0.25, 0.3) is 0 Å². The average Bonchev–Trinajstić information content (AvgIpc) is 2.60. The van der Waals surface area contributed by atoms with Crippen molar-refractivity contribution in [1.29, 1.82) is 0 Å². The van der Waals surface area contributed by atoms with Gasteiger partial charge >= 0.3 is 0 Å². The summed E-state index contributed by atoms with van der Waals surface area (Å²) in [6, 6.07) is 4.43. The number of fused-ring (bicyclic) bond motifs is 1. The van der Waals surface area contributed by atoms with E-state index < -0.39 is 10.0 Å². The highest BCUT2D eigenvalue weighted by Crippen LogP contribution is 2.32.